The van der Waals surface area contributed by atoms with Crippen LogP contribution in [-0.4, -0.2) is 169 Å². The van der Waals surface area contributed by atoms with Gasteiger partial charge in [-0.15, -0.1) is 0 Å². The lowest BCUT2D eigenvalue weighted by atomic mass is 9.68. The molecule has 682 valence electrons. The van der Waals surface area contributed by atoms with E-state index in [1.807, 2.05) is 146 Å². The van der Waals surface area contributed by atoms with Gasteiger partial charge in [-0.2, -0.15) is 0 Å². The van der Waals surface area contributed by atoms with Crippen LogP contribution in [0.3, 0.4) is 0 Å². The van der Waals surface area contributed by atoms with Gasteiger partial charge in [0.15, 0.2) is 24.4 Å². The normalized spacial score (nSPS) is 16.3. The number of carboxylic acids is 4. The molecule has 0 radical (unpaired) electrons. The highest BCUT2D eigenvalue weighted by molar-refractivity contribution is 6.06. The second kappa shape index (κ2) is 42.4. The number of benzene rings is 10. The summed E-state index contributed by atoms with van der Waals surface area (Å²) in [5.41, 5.74) is 6.90. The van der Waals surface area contributed by atoms with E-state index in [4.69, 9.17) is 56.8 Å². The van der Waals surface area contributed by atoms with Crippen LogP contribution in [0.15, 0.2) is 305 Å². The topological polar surface area (TPSA) is 397 Å². The smallest absolute Gasteiger partial charge is 0.339 e. The van der Waals surface area contributed by atoms with Crippen LogP contribution in [-0.2, 0) is 87.1 Å². The zero-order chi connectivity index (χ0) is 94.7. The Hall–Kier alpha value is -16.5. The Kier molecular flexibility index (Phi) is 29.6. The Morgan fingerprint density at radius 2 is 0.545 bits per heavy atom. The van der Waals surface area contributed by atoms with E-state index in [0.29, 0.717) is 11.5 Å². The summed E-state index contributed by atoms with van der Waals surface area (Å²) < 4.78 is 69.4. The van der Waals surface area contributed by atoms with Crippen molar-refractivity contribution in [2.75, 3.05) is 52.9 Å². The minimum atomic E-state index is -1.60. The van der Waals surface area contributed by atoms with Crippen molar-refractivity contribution in [2.24, 2.45) is 23.7 Å². The van der Waals surface area contributed by atoms with Gasteiger partial charge in [-0.05, 0) is 176 Å². The summed E-state index contributed by atoms with van der Waals surface area (Å²) in [7, 11) is 0. The van der Waals surface area contributed by atoms with E-state index >= 15 is 0 Å². The molecule has 4 aliphatic carbocycles. The molecule has 0 saturated carbocycles. The number of carbonyl (C=O) groups is 12. The van der Waals surface area contributed by atoms with Crippen LogP contribution >= 0.6 is 0 Å². The molecule has 28 nitrogen and oxygen atoms in total. The summed E-state index contributed by atoms with van der Waals surface area (Å²) in [6.07, 6.45) is 6.09. The lowest BCUT2D eigenvalue weighted by Crippen LogP contribution is -2.37. The van der Waals surface area contributed by atoms with E-state index in [2.05, 4.69) is 26.3 Å². The van der Waals surface area contributed by atoms with Crippen molar-refractivity contribution in [2.45, 2.75) is 60.9 Å². The van der Waals surface area contributed by atoms with Crippen molar-refractivity contribution >= 4 is 71.6 Å². The number of hydrogen-bond acceptors (Lipinski definition) is 24. The molecule has 0 aliphatic heterocycles. The Labute approximate surface area is 768 Å². The maximum absolute atomic E-state index is 14.3. The molecule has 0 saturated heterocycles. The van der Waals surface area contributed by atoms with Gasteiger partial charge < -0.3 is 77.3 Å². The van der Waals surface area contributed by atoms with Crippen LogP contribution in [0.5, 0.6) is 23.0 Å². The van der Waals surface area contributed by atoms with E-state index in [0.717, 1.165) is 115 Å². The summed E-state index contributed by atoms with van der Waals surface area (Å²) in [6, 6.07) is 67.8. The number of esters is 8. The first-order valence-electron chi connectivity index (χ1n) is 42.7. The van der Waals surface area contributed by atoms with E-state index in [-0.39, 0.29) is 61.5 Å². The molecule has 4 N–H and O–H groups in total. The molecule has 0 fully saturated rings. The Morgan fingerprint density at radius 3 is 0.791 bits per heavy atom. The Bertz CT molecular complexity index is 5790. The molecule has 28 heteroatoms. The number of aromatic carboxylic acids is 2. The molecular formula is C106H90O28. The fourth-order valence-corrected chi connectivity index (χ4v) is 17.2. The van der Waals surface area contributed by atoms with Gasteiger partial charge in [-0.1, -0.05) is 208 Å². The van der Waals surface area contributed by atoms with Gasteiger partial charge in [-0.25, -0.2) is 38.4 Å². The molecule has 14 rings (SSSR count). The molecule has 10 aromatic rings. The highest BCUT2D eigenvalue weighted by Gasteiger charge is 2.49. The average Bonchev–Trinajstić information content (AvgIpc) is 1.54. The maximum Gasteiger partial charge on any atom is 0.339 e. The minimum absolute atomic E-state index is 0.0780. The lowest BCUT2D eigenvalue weighted by molar-refractivity contribution is -0.167. The standard InChI is InChI=1S/C106H90O28/c1-5-93(107)127-59-73(131-101(119)83-27-11-9-25-81(83)97(111)112)55-123-69-43-35-65(36-44-69)105(89-29-17-13-21-77(89)78-22-14-18-30-90(78)105)67-39-47-71(48-40-67)125-57-75(61-129-95(109)7-3)133-103(121)85-51-33-63(53-87(85)99(115)116)64-34-52-86(88(54-64)100(117)118)104(122)134-76(62-130-96(110)8-4)58-126-72-49-41-68(42-50-72)106(91-31-19-15-23-79(91)80-24-16-20-32-92(80)106)66-37-45-70(46-38-66)124-56-74(60-128-94(108)6-2)132-102(120)84-28-12-10-26-82(84)98(113)114/h5-24,29-54,73-76,81-84H,1-4,25-28,55-62H2,(H,111,112)(H,113,114)(H,115,116)(H,117,118). The number of carbonyl (C=O) groups excluding carboxylic acids is 8. The molecule has 0 spiro atoms. The van der Waals surface area contributed by atoms with Crippen LogP contribution in [0, 0.1) is 23.7 Å². The largest absolute Gasteiger partial charge is 0.490 e. The van der Waals surface area contributed by atoms with E-state index in [1.165, 1.54) is 12.1 Å². The van der Waals surface area contributed by atoms with Gasteiger partial charge >= 0.3 is 71.6 Å². The number of hydrogen-bond donors (Lipinski definition) is 4. The minimum Gasteiger partial charge on any atom is -0.490 e. The third-order valence-electron chi connectivity index (χ3n) is 23.6. The van der Waals surface area contributed by atoms with Gasteiger partial charge in [0.2, 0.25) is 0 Å². The lowest BCUT2D eigenvalue weighted by Gasteiger charge is -2.34. The molecule has 10 aromatic carbocycles. The summed E-state index contributed by atoms with van der Waals surface area (Å²) in [5, 5.41) is 41.1. The Balaban J connectivity index is 0.655. The number of carboxylic acid groups (broad SMARTS) is 4. The van der Waals surface area contributed by atoms with Crippen molar-refractivity contribution in [1.82, 2.24) is 0 Å². The monoisotopic (exact) mass is 1810 g/mol. The predicted octanol–water partition coefficient (Wildman–Crippen LogP) is 15.5. The number of allylic oxidation sites excluding steroid dienone is 4. The first kappa shape index (κ1) is 93.6. The number of ether oxygens (including phenoxy) is 12. The van der Waals surface area contributed by atoms with Crippen LogP contribution in [0.25, 0.3) is 33.4 Å². The zero-order valence-electron chi connectivity index (χ0n) is 72.1. The van der Waals surface area contributed by atoms with Gasteiger partial charge in [-0.3, -0.25) is 19.2 Å². The number of rotatable bonds is 41. The van der Waals surface area contributed by atoms with Gasteiger partial charge in [0.25, 0.3) is 0 Å². The summed E-state index contributed by atoms with van der Waals surface area (Å²) in [4.78, 5) is 156. The second-order valence-electron chi connectivity index (χ2n) is 31.7. The van der Waals surface area contributed by atoms with Crippen LogP contribution in [0.4, 0.5) is 0 Å². The van der Waals surface area contributed by atoms with Crippen LogP contribution in [0.1, 0.15) is 112 Å². The fourth-order valence-electron chi connectivity index (χ4n) is 17.2. The van der Waals surface area contributed by atoms with Crippen molar-refractivity contribution in [3.05, 3.63) is 372 Å². The second-order valence-corrected chi connectivity index (χ2v) is 31.7. The molecule has 8 unspecified atom stereocenters. The first-order valence-corrected chi connectivity index (χ1v) is 42.7. The number of fused-ring (bicyclic) bond motifs is 6. The molecule has 134 heavy (non-hydrogen) atoms. The Morgan fingerprint density at radius 1 is 0.299 bits per heavy atom. The van der Waals surface area contributed by atoms with Crippen molar-refractivity contribution in [3.63, 3.8) is 0 Å². The number of aliphatic carboxylic acids is 2. The van der Waals surface area contributed by atoms with Crippen molar-refractivity contribution in [3.8, 4) is 56.4 Å². The van der Waals surface area contributed by atoms with Crippen LogP contribution in [0.2, 0.25) is 0 Å². The van der Waals surface area contributed by atoms with Crippen molar-refractivity contribution in [1.29, 1.82) is 0 Å². The third kappa shape index (κ3) is 20.5. The van der Waals surface area contributed by atoms with Gasteiger partial charge in [0.05, 0.1) is 56.8 Å². The fraction of sp³-hybridized carbons (Fsp3) is 0.208. The van der Waals surface area contributed by atoms with Crippen molar-refractivity contribution < 1.29 is 135 Å². The SMILES string of the molecule is C=CC(=O)OCC(COc1ccc(C2(c3ccc(OCC(COC(=O)C=C)OC(=O)C4CC=CCC4C(=O)O)cc3)c3ccccc3-c3ccccc32)cc1)OC(=O)c1ccc(-c2ccc(C(=O)OC(COC(=O)C=C)COc3ccc(C4(c5ccc(OCC(COC(=O)C=C)OC(=O)C6CC=CCC6C(=O)O)cc5)c5ccccc5-c5ccccc54)cc3)c(C(=O)O)c2)cc1C(=O)O. The van der Waals surface area contributed by atoms with Crippen LogP contribution < -0.4 is 18.9 Å². The zero-order valence-corrected chi connectivity index (χ0v) is 72.1. The summed E-state index contributed by atoms with van der Waals surface area (Å²) >= 11 is 0. The highest BCUT2D eigenvalue weighted by atomic mass is 16.6. The maximum atomic E-state index is 14.3. The molecule has 0 aromatic heterocycles. The van der Waals surface area contributed by atoms with E-state index < -0.39 is 192 Å². The quantitative estimate of drug-likeness (QED) is 0.0120. The van der Waals surface area contributed by atoms with E-state index in [9.17, 15) is 78.0 Å². The van der Waals surface area contributed by atoms with E-state index in [1.54, 1.807) is 72.8 Å². The van der Waals surface area contributed by atoms with Gasteiger partial charge in [0, 0.05) is 24.3 Å². The molecule has 0 bridgehead atoms. The molecule has 0 heterocycles. The molecule has 0 amide bonds. The molecular weight excluding hydrogens is 1720 g/mol. The summed E-state index contributed by atoms with van der Waals surface area (Å²) in [6.45, 7) is 10.4. The summed E-state index contributed by atoms with van der Waals surface area (Å²) in [5.74, 6) is -15.4. The third-order valence-corrected chi connectivity index (χ3v) is 23.6. The molecule has 4 aliphatic rings. The van der Waals surface area contributed by atoms with Gasteiger partial charge in [0.1, 0.15) is 75.9 Å². The average molecular weight is 1810 g/mol. The molecule has 8 atom stereocenters. The highest BCUT2D eigenvalue weighted by Crippen LogP contribution is 2.58. The first-order chi connectivity index (χ1) is 64.8. The predicted molar refractivity (Wildman–Crippen MR) is 484 cm³/mol.